The van der Waals surface area contributed by atoms with Crippen LogP contribution in [0.2, 0.25) is 0 Å². The summed E-state index contributed by atoms with van der Waals surface area (Å²) in [6.07, 6.45) is 7.80. The minimum atomic E-state index is -0.0968. The van der Waals surface area contributed by atoms with E-state index in [1.807, 2.05) is 31.7 Å². The summed E-state index contributed by atoms with van der Waals surface area (Å²) in [5.41, 5.74) is 9.13. The molecule has 1 aliphatic rings. The second-order valence-electron chi connectivity index (χ2n) is 4.49. The van der Waals surface area contributed by atoms with Crippen molar-refractivity contribution in [2.45, 2.75) is 18.4 Å². The van der Waals surface area contributed by atoms with E-state index in [1.165, 1.54) is 0 Å². The van der Waals surface area contributed by atoms with E-state index in [4.69, 9.17) is 5.73 Å². The predicted molar refractivity (Wildman–Crippen MR) is 61.5 cm³/mol. The van der Waals surface area contributed by atoms with E-state index in [-0.39, 0.29) is 5.54 Å². The van der Waals surface area contributed by atoms with E-state index in [2.05, 4.69) is 16.1 Å². The van der Waals surface area contributed by atoms with Crippen LogP contribution in [-0.4, -0.2) is 14.8 Å². The van der Waals surface area contributed by atoms with Gasteiger partial charge in [-0.25, -0.2) is 0 Å². The first kappa shape index (κ1) is 9.54. The van der Waals surface area contributed by atoms with Crippen LogP contribution in [0.1, 0.15) is 18.4 Å². The van der Waals surface area contributed by atoms with Gasteiger partial charge in [0, 0.05) is 30.5 Å². The Morgan fingerprint density at radius 1 is 1.31 bits per heavy atom. The normalized spacial score (nSPS) is 17.4. The van der Waals surface area contributed by atoms with Gasteiger partial charge in [0.2, 0.25) is 0 Å². The molecular formula is C12H14N4. The number of hydrogen-bond acceptors (Lipinski definition) is 3. The summed E-state index contributed by atoms with van der Waals surface area (Å²) >= 11 is 0. The maximum absolute atomic E-state index is 6.10. The predicted octanol–water partition coefficient (Wildman–Crippen LogP) is 1.43. The van der Waals surface area contributed by atoms with E-state index in [0.717, 1.165) is 29.7 Å². The van der Waals surface area contributed by atoms with Crippen LogP contribution < -0.4 is 5.73 Å². The number of aryl methyl sites for hydroxylation is 1. The van der Waals surface area contributed by atoms with Gasteiger partial charge in [-0.05, 0) is 24.5 Å². The Hall–Kier alpha value is -1.68. The second kappa shape index (κ2) is 3.15. The van der Waals surface area contributed by atoms with Gasteiger partial charge in [-0.15, -0.1) is 0 Å². The third kappa shape index (κ3) is 1.51. The molecule has 0 radical (unpaired) electrons. The van der Waals surface area contributed by atoms with Crippen molar-refractivity contribution in [3.8, 4) is 11.3 Å². The molecule has 0 amide bonds. The summed E-state index contributed by atoms with van der Waals surface area (Å²) in [5.74, 6) is 0. The Balaban J connectivity index is 1.93. The van der Waals surface area contributed by atoms with Gasteiger partial charge in [0.25, 0.3) is 0 Å². The first-order valence-corrected chi connectivity index (χ1v) is 5.42. The molecule has 0 bridgehead atoms. The molecule has 0 aromatic carbocycles. The average molecular weight is 214 g/mol. The first-order valence-electron chi connectivity index (χ1n) is 5.42. The molecule has 0 aliphatic heterocycles. The summed E-state index contributed by atoms with van der Waals surface area (Å²) in [5, 5.41) is 4.13. The van der Waals surface area contributed by atoms with Crippen LogP contribution in [0.4, 0.5) is 0 Å². The number of hydrogen-bond donors (Lipinski definition) is 1. The Bertz CT molecular complexity index is 508. The molecule has 16 heavy (non-hydrogen) atoms. The van der Waals surface area contributed by atoms with Crippen molar-refractivity contribution >= 4 is 0 Å². The first-order chi connectivity index (χ1) is 7.67. The smallest absolute Gasteiger partial charge is 0.0733 e. The van der Waals surface area contributed by atoms with E-state index < -0.39 is 0 Å². The van der Waals surface area contributed by atoms with Gasteiger partial charge in [0.15, 0.2) is 0 Å². The van der Waals surface area contributed by atoms with Crippen LogP contribution in [0, 0.1) is 0 Å². The van der Waals surface area contributed by atoms with Crippen molar-refractivity contribution in [2.75, 3.05) is 0 Å². The summed E-state index contributed by atoms with van der Waals surface area (Å²) in [6.45, 7) is 0. The largest absolute Gasteiger partial charge is 0.321 e. The topological polar surface area (TPSA) is 56.7 Å². The monoisotopic (exact) mass is 214 g/mol. The van der Waals surface area contributed by atoms with E-state index in [0.29, 0.717) is 0 Å². The lowest BCUT2D eigenvalue weighted by atomic mass is 10.1. The molecule has 1 fully saturated rings. The molecule has 3 rings (SSSR count). The number of pyridine rings is 1. The Labute approximate surface area is 94.1 Å². The quantitative estimate of drug-likeness (QED) is 0.822. The lowest BCUT2D eigenvalue weighted by Gasteiger charge is -2.08. The molecule has 0 atom stereocenters. The van der Waals surface area contributed by atoms with Gasteiger partial charge in [-0.1, -0.05) is 6.07 Å². The third-order valence-corrected chi connectivity index (χ3v) is 3.13. The van der Waals surface area contributed by atoms with E-state index >= 15 is 0 Å². The number of aromatic nitrogens is 3. The zero-order valence-corrected chi connectivity index (χ0v) is 9.22. The lowest BCUT2D eigenvalue weighted by Crippen LogP contribution is -2.18. The molecule has 2 aromatic rings. The van der Waals surface area contributed by atoms with Crippen LogP contribution in [0.3, 0.4) is 0 Å². The SMILES string of the molecule is Cn1cc(-c2ccc(C3(N)CC3)cn2)cn1. The maximum Gasteiger partial charge on any atom is 0.0733 e. The molecular weight excluding hydrogens is 200 g/mol. The third-order valence-electron chi connectivity index (χ3n) is 3.13. The zero-order valence-electron chi connectivity index (χ0n) is 9.22. The maximum atomic E-state index is 6.10. The number of rotatable bonds is 2. The van der Waals surface area contributed by atoms with E-state index in [9.17, 15) is 0 Å². The Morgan fingerprint density at radius 3 is 2.62 bits per heavy atom. The second-order valence-corrected chi connectivity index (χ2v) is 4.49. The van der Waals surface area contributed by atoms with Gasteiger partial charge in [-0.2, -0.15) is 5.10 Å². The fourth-order valence-corrected chi connectivity index (χ4v) is 1.84. The van der Waals surface area contributed by atoms with Gasteiger partial charge in [-0.3, -0.25) is 9.67 Å². The molecule has 2 N–H and O–H groups in total. The molecule has 2 aromatic heterocycles. The highest BCUT2D eigenvalue weighted by Gasteiger charge is 2.40. The Kier molecular flexibility index (Phi) is 1.88. The summed E-state index contributed by atoms with van der Waals surface area (Å²) < 4.78 is 1.77. The zero-order chi connectivity index (χ0) is 11.2. The summed E-state index contributed by atoms with van der Waals surface area (Å²) in [7, 11) is 1.90. The summed E-state index contributed by atoms with van der Waals surface area (Å²) in [6, 6.07) is 4.08. The minimum Gasteiger partial charge on any atom is -0.321 e. The molecule has 0 saturated heterocycles. The van der Waals surface area contributed by atoms with Crippen molar-refractivity contribution in [3.63, 3.8) is 0 Å². The van der Waals surface area contributed by atoms with Crippen LogP contribution in [0.25, 0.3) is 11.3 Å². The van der Waals surface area contributed by atoms with E-state index in [1.54, 1.807) is 4.68 Å². The molecule has 1 saturated carbocycles. The van der Waals surface area contributed by atoms with Crippen molar-refractivity contribution in [1.82, 2.24) is 14.8 Å². The standard InChI is InChI=1S/C12H14N4/c1-16-8-9(6-15-16)11-3-2-10(7-14-11)12(13)4-5-12/h2-3,6-8H,4-5,13H2,1H3. The molecule has 2 heterocycles. The van der Waals surface area contributed by atoms with Crippen molar-refractivity contribution in [2.24, 2.45) is 12.8 Å². The fraction of sp³-hybridized carbons (Fsp3) is 0.333. The summed E-state index contributed by atoms with van der Waals surface area (Å²) in [4.78, 5) is 4.44. The molecule has 0 spiro atoms. The van der Waals surface area contributed by atoms with Gasteiger partial charge >= 0.3 is 0 Å². The molecule has 82 valence electrons. The van der Waals surface area contributed by atoms with Crippen LogP contribution in [0.5, 0.6) is 0 Å². The lowest BCUT2D eigenvalue weighted by molar-refractivity contribution is 0.735. The number of nitrogens with zero attached hydrogens (tertiary/aromatic N) is 3. The van der Waals surface area contributed by atoms with Crippen LogP contribution >= 0.6 is 0 Å². The van der Waals surface area contributed by atoms with Crippen LogP contribution in [-0.2, 0) is 12.6 Å². The molecule has 1 aliphatic carbocycles. The highest BCUT2D eigenvalue weighted by molar-refractivity contribution is 5.57. The number of nitrogens with two attached hydrogens (primary N) is 1. The van der Waals surface area contributed by atoms with Gasteiger partial charge in [0.05, 0.1) is 11.9 Å². The molecule has 4 nitrogen and oxygen atoms in total. The minimum absolute atomic E-state index is 0.0968. The van der Waals surface area contributed by atoms with Gasteiger partial charge < -0.3 is 5.73 Å². The fourth-order valence-electron chi connectivity index (χ4n) is 1.84. The average Bonchev–Trinajstić information content (AvgIpc) is 2.89. The highest BCUT2D eigenvalue weighted by Crippen LogP contribution is 2.42. The van der Waals surface area contributed by atoms with Crippen LogP contribution in [0.15, 0.2) is 30.7 Å². The van der Waals surface area contributed by atoms with Crippen molar-refractivity contribution < 1.29 is 0 Å². The molecule has 4 heteroatoms. The van der Waals surface area contributed by atoms with Gasteiger partial charge in [0.1, 0.15) is 0 Å². The van der Waals surface area contributed by atoms with Crippen molar-refractivity contribution in [1.29, 1.82) is 0 Å². The Morgan fingerprint density at radius 2 is 2.12 bits per heavy atom. The molecule has 0 unspecified atom stereocenters. The van der Waals surface area contributed by atoms with Crippen molar-refractivity contribution in [3.05, 3.63) is 36.3 Å². The highest BCUT2D eigenvalue weighted by atomic mass is 15.2.